The monoisotopic (exact) mass is 295 g/mol. The molecule has 0 radical (unpaired) electrons. The molecule has 0 saturated heterocycles. The van der Waals surface area contributed by atoms with E-state index in [0.29, 0.717) is 18.3 Å². The van der Waals surface area contributed by atoms with Crippen LogP contribution in [0.3, 0.4) is 0 Å². The summed E-state index contributed by atoms with van der Waals surface area (Å²) in [5, 5.41) is 13.2. The topological polar surface area (TPSA) is 84.7 Å². The van der Waals surface area contributed by atoms with Crippen LogP contribution in [0.15, 0.2) is 12.3 Å². The third kappa shape index (κ3) is 4.04. The number of carbonyl (C=O) groups excluding carboxylic acids is 1. The largest absolute Gasteiger partial charge is 0.480 e. The maximum Gasteiger partial charge on any atom is 0.323 e. The fourth-order valence-electron chi connectivity index (χ4n) is 2.60. The zero-order valence-corrected chi connectivity index (χ0v) is 12.2. The summed E-state index contributed by atoms with van der Waals surface area (Å²) in [6, 6.07) is 2.01. The lowest BCUT2D eigenvalue weighted by atomic mass is 10.3. The molecule has 0 aliphatic heterocycles. The number of carbonyl (C=O) groups is 2. The molecule has 1 saturated carbocycles. The molecule has 2 rings (SSSR count). The first-order chi connectivity index (χ1) is 10.1. The molecule has 1 aliphatic rings. The second-order valence-corrected chi connectivity index (χ2v) is 5.23. The molecule has 0 atom stereocenters. The van der Waals surface area contributed by atoms with E-state index in [1.165, 1.54) is 24.9 Å². The van der Waals surface area contributed by atoms with Crippen LogP contribution in [0, 0.1) is 0 Å². The van der Waals surface area contributed by atoms with Crippen LogP contribution >= 0.6 is 0 Å². The van der Waals surface area contributed by atoms with Gasteiger partial charge in [-0.2, -0.15) is 5.10 Å². The lowest BCUT2D eigenvalue weighted by molar-refractivity contribution is -0.137. The van der Waals surface area contributed by atoms with Gasteiger partial charge in [0, 0.05) is 19.9 Å². The Morgan fingerprint density at radius 3 is 2.81 bits per heavy atom. The molecule has 1 aromatic heterocycles. The highest BCUT2D eigenvalue weighted by atomic mass is 16.5. The minimum atomic E-state index is -1.05. The number of nitrogens with zero attached hydrogens (tertiary/aromatic N) is 3. The smallest absolute Gasteiger partial charge is 0.323 e. The Hall–Kier alpha value is -1.89. The average Bonchev–Trinajstić information content (AvgIpc) is 3.11. The Morgan fingerprint density at radius 2 is 2.19 bits per heavy atom. The molecule has 1 amide bonds. The SMILES string of the molecule is COCCN(CC(=O)O)C(=O)c1ccn(C2CCCC2)n1. The molecule has 1 heterocycles. The van der Waals surface area contributed by atoms with Gasteiger partial charge in [-0.05, 0) is 18.9 Å². The molecule has 1 aliphatic carbocycles. The number of methoxy groups -OCH3 is 1. The molecule has 21 heavy (non-hydrogen) atoms. The zero-order valence-electron chi connectivity index (χ0n) is 12.2. The van der Waals surface area contributed by atoms with Gasteiger partial charge in [0.2, 0.25) is 0 Å². The second kappa shape index (κ2) is 7.21. The quantitative estimate of drug-likeness (QED) is 0.816. The van der Waals surface area contributed by atoms with E-state index < -0.39 is 5.97 Å². The summed E-state index contributed by atoms with van der Waals surface area (Å²) in [5.74, 6) is -1.42. The van der Waals surface area contributed by atoms with E-state index in [0.717, 1.165) is 12.8 Å². The molecule has 1 aromatic rings. The molecule has 7 heteroatoms. The van der Waals surface area contributed by atoms with E-state index in [2.05, 4.69) is 5.10 Å². The van der Waals surface area contributed by atoms with Crippen LogP contribution in [-0.2, 0) is 9.53 Å². The van der Waals surface area contributed by atoms with Crippen LogP contribution in [-0.4, -0.2) is 58.5 Å². The standard InChI is InChI=1S/C14H21N3O4/c1-21-9-8-16(10-13(18)19)14(20)12-6-7-17(15-12)11-4-2-3-5-11/h6-7,11H,2-5,8-10H2,1H3,(H,18,19). The van der Waals surface area contributed by atoms with Gasteiger partial charge in [-0.1, -0.05) is 12.8 Å². The molecule has 1 N–H and O–H groups in total. The van der Waals surface area contributed by atoms with Crippen molar-refractivity contribution in [2.75, 3.05) is 26.8 Å². The maximum atomic E-state index is 12.3. The summed E-state index contributed by atoms with van der Waals surface area (Å²) in [6.45, 7) is 0.179. The van der Waals surface area contributed by atoms with Crippen molar-refractivity contribution in [3.63, 3.8) is 0 Å². The molecule has 7 nitrogen and oxygen atoms in total. The van der Waals surface area contributed by atoms with Gasteiger partial charge >= 0.3 is 5.97 Å². The van der Waals surface area contributed by atoms with E-state index in [1.807, 2.05) is 4.68 Å². The molecule has 0 spiro atoms. The number of ether oxygens (including phenoxy) is 1. The van der Waals surface area contributed by atoms with E-state index in [9.17, 15) is 9.59 Å². The van der Waals surface area contributed by atoms with Gasteiger partial charge in [-0.15, -0.1) is 0 Å². The first-order valence-corrected chi connectivity index (χ1v) is 7.17. The molecule has 0 bridgehead atoms. The van der Waals surface area contributed by atoms with Crippen molar-refractivity contribution in [1.29, 1.82) is 0 Å². The van der Waals surface area contributed by atoms with Crippen molar-refractivity contribution in [2.24, 2.45) is 0 Å². The summed E-state index contributed by atoms with van der Waals surface area (Å²) in [5.41, 5.74) is 0.291. The van der Waals surface area contributed by atoms with Crippen LogP contribution in [0.25, 0.3) is 0 Å². The number of aliphatic carboxylic acids is 1. The zero-order chi connectivity index (χ0) is 15.2. The normalized spacial score (nSPS) is 15.3. The van der Waals surface area contributed by atoms with Crippen molar-refractivity contribution in [1.82, 2.24) is 14.7 Å². The van der Waals surface area contributed by atoms with Gasteiger partial charge in [0.25, 0.3) is 5.91 Å². The first kappa shape index (κ1) is 15.5. The lowest BCUT2D eigenvalue weighted by Gasteiger charge is -2.19. The van der Waals surface area contributed by atoms with Crippen molar-refractivity contribution < 1.29 is 19.4 Å². The van der Waals surface area contributed by atoms with Crippen LogP contribution in [0.1, 0.15) is 42.2 Å². The summed E-state index contributed by atoms with van der Waals surface area (Å²) >= 11 is 0. The van der Waals surface area contributed by atoms with Gasteiger partial charge in [0.15, 0.2) is 0 Å². The Morgan fingerprint density at radius 1 is 1.48 bits per heavy atom. The number of hydrogen-bond acceptors (Lipinski definition) is 4. The minimum Gasteiger partial charge on any atom is -0.480 e. The highest BCUT2D eigenvalue weighted by Crippen LogP contribution is 2.28. The highest BCUT2D eigenvalue weighted by Gasteiger charge is 2.23. The van der Waals surface area contributed by atoms with Gasteiger partial charge in [0.05, 0.1) is 12.6 Å². The van der Waals surface area contributed by atoms with Crippen LogP contribution in [0.4, 0.5) is 0 Å². The number of amides is 1. The number of carboxylic acids is 1. The lowest BCUT2D eigenvalue weighted by Crippen LogP contribution is -2.38. The minimum absolute atomic E-state index is 0.234. The van der Waals surface area contributed by atoms with Crippen molar-refractivity contribution in [3.8, 4) is 0 Å². The van der Waals surface area contributed by atoms with Crippen molar-refractivity contribution in [2.45, 2.75) is 31.7 Å². The predicted molar refractivity (Wildman–Crippen MR) is 75.1 cm³/mol. The van der Waals surface area contributed by atoms with Gasteiger partial charge in [0.1, 0.15) is 12.2 Å². The Labute approximate surface area is 123 Å². The number of rotatable bonds is 7. The molecular formula is C14H21N3O4. The summed E-state index contributed by atoms with van der Waals surface area (Å²) in [4.78, 5) is 24.5. The fourth-order valence-corrected chi connectivity index (χ4v) is 2.60. The second-order valence-electron chi connectivity index (χ2n) is 5.23. The Kier molecular flexibility index (Phi) is 5.32. The Balaban J connectivity index is 2.06. The maximum absolute atomic E-state index is 12.3. The van der Waals surface area contributed by atoms with Gasteiger partial charge in [-0.25, -0.2) is 0 Å². The van der Waals surface area contributed by atoms with Crippen LogP contribution in [0.2, 0.25) is 0 Å². The summed E-state index contributed by atoms with van der Waals surface area (Å²) in [6.07, 6.45) is 6.34. The summed E-state index contributed by atoms with van der Waals surface area (Å²) < 4.78 is 6.74. The number of aromatic nitrogens is 2. The van der Waals surface area contributed by atoms with E-state index in [4.69, 9.17) is 9.84 Å². The van der Waals surface area contributed by atoms with Crippen LogP contribution in [0.5, 0.6) is 0 Å². The first-order valence-electron chi connectivity index (χ1n) is 7.17. The number of hydrogen-bond donors (Lipinski definition) is 1. The fraction of sp³-hybridized carbons (Fsp3) is 0.643. The number of carboxylic acid groups (broad SMARTS) is 1. The Bertz CT molecular complexity index is 494. The predicted octanol–water partition coefficient (Wildman–Crippen LogP) is 1.17. The molecule has 116 valence electrons. The summed E-state index contributed by atoms with van der Waals surface area (Å²) in [7, 11) is 1.51. The van der Waals surface area contributed by atoms with E-state index in [1.54, 1.807) is 12.3 Å². The molecule has 1 fully saturated rings. The third-order valence-electron chi connectivity index (χ3n) is 3.70. The van der Waals surface area contributed by atoms with Crippen LogP contribution < -0.4 is 0 Å². The average molecular weight is 295 g/mol. The highest BCUT2D eigenvalue weighted by molar-refractivity contribution is 5.94. The molecule has 0 aromatic carbocycles. The van der Waals surface area contributed by atoms with E-state index >= 15 is 0 Å². The molecule has 0 unspecified atom stereocenters. The van der Waals surface area contributed by atoms with Gasteiger partial charge in [-0.3, -0.25) is 14.3 Å². The molecular weight excluding hydrogens is 274 g/mol. The van der Waals surface area contributed by atoms with Crippen molar-refractivity contribution in [3.05, 3.63) is 18.0 Å². The third-order valence-corrected chi connectivity index (χ3v) is 3.70. The van der Waals surface area contributed by atoms with Crippen molar-refractivity contribution >= 4 is 11.9 Å². The van der Waals surface area contributed by atoms with Gasteiger partial charge < -0.3 is 14.7 Å². The van der Waals surface area contributed by atoms with E-state index in [-0.39, 0.29) is 19.0 Å².